The SMILES string of the molecule is C/C1=C\c2cccc(-c3c4ccccc4cc4ccccc34)c2OCSc2ccccc21. The van der Waals surface area contributed by atoms with Crippen molar-refractivity contribution in [1.29, 1.82) is 0 Å². The van der Waals surface area contributed by atoms with Gasteiger partial charge in [0, 0.05) is 21.6 Å². The Labute approximate surface area is 192 Å². The molecule has 0 N–H and O–H groups in total. The van der Waals surface area contributed by atoms with Gasteiger partial charge in [-0.1, -0.05) is 96.7 Å². The monoisotopic (exact) mass is 430 g/mol. The molecule has 154 valence electrons. The van der Waals surface area contributed by atoms with Crippen LogP contribution >= 0.6 is 11.8 Å². The third-order valence-corrected chi connectivity index (χ3v) is 7.09. The first kappa shape index (κ1) is 19.2. The van der Waals surface area contributed by atoms with Crippen molar-refractivity contribution in [2.45, 2.75) is 11.8 Å². The first-order chi connectivity index (χ1) is 15.8. The minimum atomic E-state index is 0.574. The maximum atomic E-state index is 6.52. The highest BCUT2D eigenvalue weighted by Gasteiger charge is 2.18. The van der Waals surface area contributed by atoms with Gasteiger partial charge in [-0.2, -0.15) is 0 Å². The number of rotatable bonds is 1. The zero-order valence-electron chi connectivity index (χ0n) is 17.8. The first-order valence-electron chi connectivity index (χ1n) is 10.9. The predicted molar refractivity (Wildman–Crippen MR) is 138 cm³/mol. The predicted octanol–water partition coefficient (Wildman–Crippen LogP) is 8.66. The summed E-state index contributed by atoms with van der Waals surface area (Å²) in [6.45, 7) is 2.19. The summed E-state index contributed by atoms with van der Waals surface area (Å²) < 4.78 is 6.52. The van der Waals surface area contributed by atoms with Gasteiger partial charge in [-0.3, -0.25) is 0 Å². The molecule has 5 aromatic rings. The molecule has 32 heavy (non-hydrogen) atoms. The van der Waals surface area contributed by atoms with Gasteiger partial charge in [0.15, 0.2) is 0 Å². The number of thioether (sulfide) groups is 1. The van der Waals surface area contributed by atoms with E-state index in [0.717, 1.165) is 16.9 Å². The van der Waals surface area contributed by atoms with Crippen molar-refractivity contribution >= 4 is 45.0 Å². The van der Waals surface area contributed by atoms with Crippen LogP contribution in [0.15, 0.2) is 102 Å². The second-order valence-corrected chi connectivity index (χ2v) is 9.11. The highest BCUT2D eigenvalue weighted by molar-refractivity contribution is 7.99. The quantitative estimate of drug-likeness (QED) is 0.246. The van der Waals surface area contributed by atoms with Crippen LogP contribution in [-0.4, -0.2) is 5.94 Å². The van der Waals surface area contributed by atoms with Crippen LogP contribution in [0.5, 0.6) is 5.75 Å². The van der Waals surface area contributed by atoms with Crippen LogP contribution in [0.3, 0.4) is 0 Å². The average Bonchev–Trinajstić information content (AvgIpc) is 2.90. The molecular weight excluding hydrogens is 408 g/mol. The fraction of sp³-hybridized carbons (Fsp3) is 0.0667. The fourth-order valence-corrected chi connectivity index (χ4v) is 5.57. The van der Waals surface area contributed by atoms with Crippen LogP contribution < -0.4 is 4.74 Å². The van der Waals surface area contributed by atoms with Crippen molar-refractivity contribution in [3.8, 4) is 16.9 Å². The average molecular weight is 431 g/mol. The van der Waals surface area contributed by atoms with Crippen LogP contribution in [0.1, 0.15) is 18.1 Å². The number of fused-ring (bicyclic) bond motifs is 4. The van der Waals surface area contributed by atoms with Gasteiger partial charge in [-0.05, 0) is 57.8 Å². The summed E-state index contributed by atoms with van der Waals surface area (Å²) in [5.74, 6) is 1.53. The molecule has 5 aromatic carbocycles. The van der Waals surface area contributed by atoms with Crippen LogP contribution in [0, 0.1) is 0 Å². The summed E-state index contributed by atoms with van der Waals surface area (Å²) in [6.07, 6.45) is 2.26. The molecule has 0 saturated carbocycles. The standard InChI is InChI=1S/C30H22OS/c1-20-17-23-11-8-15-27(30(23)31-19-32-28-16-7-6-12-24(20)28)29-25-13-4-2-9-21(25)18-22-10-3-5-14-26(22)29/h2-18H,19H2,1H3/b20-17+. The number of benzene rings is 5. The molecule has 1 aliphatic heterocycles. The molecule has 1 nitrogen and oxygen atoms in total. The maximum Gasteiger partial charge on any atom is 0.138 e. The third-order valence-electron chi connectivity index (χ3n) is 6.19. The van der Waals surface area contributed by atoms with E-state index in [0.29, 0.717) is 5.94 Å². The summed E-state index contributed by atoms with van der Waals surface area (Å²) in [5, 5.41) is 4.99. The number of allylic oxidation sites excluding steroid dienone is 1. The van der Waals surface area contributed by atoms with E-state index in [4.69, 9.17) is 4.74 Å². The van der Waals surface area contributed by atoms with Crippen molar-refractivity contribution in [3.05, 3.63) is 108 Å². The molecule has 0 unspecified atom stereocenters. The zero-order chi connectivity index (χ0) is 21.5. The van der Waals surface area contributed by atoms with E-state index in [1.807, 2.05) is 0 Å². The molecule has 0 atom stereocenters. The normalized spacial score (nSPS) is 15.0. The molecule has 0 saturated heterocycles. The smallest absolute Gasteiger partial charge is 0.138 e. The number of ether oxygens (including phenoxy) is 1. The Morgan fingerprint density at radius 3 is 2.12 bits per heavy atom. The molecule has 1 aliphatic rings. The topological polar surface area (TPSA) is 9.23 Å². The molecule has 0 spiro atoms. The van der Waals surface area contributed by atoms with Gasteiger partial charge in [0.05, 0.1) is 0 Å². The number of hydrogen-bond acceptors (Lipinski definition) is 2. The van der Waals surface area contributed by atoms with Gasteiger partial charge in [0.1, 0.15) is 11.7 Å². The second kappa shape index (κ2) is 7.89. The molecular formula is C30H22OS. The summed E-state index contributed by atoms with van der Waals surface area (Å²) >= 11 is 1.75. The molecule has 6 rings (SSSR count). The number of para-hydroxylation sites is 1. The van der Waals surface area contributed by atoms with E-state index in [1.54, 1.807) is 11.8 Å². The van der Waals surface area contributed by atoms with Gasteiger partial charge >= 0.3 is 0 Å². The highest BCUT2D eigenvalue weighted by atomic mass is 32.2. The molecule has 0 aliphatic carbocycles. The van der Waals surface area contributed by atoms with Crippen LogP contribution in [-0.2, 0) is 0 Å². The molecule has 2 heteroatoms. The Bertz CT molecular complexity index is 1460. The lowest BCUT2D eigenvalue weighted by Gasteiger charge is -2.18. The van der Waals surface area contributed by atoms with E-state index in [9.17, 15) is 0 Å². The Hall–Kier alpha value is -3.49. The molecule has 1 heterocycles. The lowest BCUT2D eigenvalue weighted by molar-refractivity contribution is 0.394. The molecule has 0 amide bonds. The van der Waals surface area contributed by atoms with Crippen molar-refractivity contribution in [1.82, 2.24) is 0 Å². The Kier molecular flexibility index (Phi) is 4.74. The van der Waals surface area contributed by atoms with Crippen LogP contribution in [0.4, 0.5) is 0 Å². The van der Waals surface area contributed by atoms with E-state index in [-0.39, 0.29) is 0 Å². The van der Waals surface area contributed by atoms with Gasteiger partial charge < -0.3 is 4.74 Å². The Balaban J connectivity index is 1.65. The lowest BCUT2D eigenvalue weighted by atomic mass is 9.90. The van der Waals surface area contributed by atoms with E-state index in [2.05, 4.69) is 110 Å². The minimum Gasteiger partial charge on any atom is -0.481 e. The fourth-order valence-electron chi connectivity index (χ4n) is 4.71. The molecule has 0 aromatic heterocycles. The van der Waals surface area contributed by atoms with E-state index in [1.165, 1.54) is 43.1 Å². The van der Waals surface area contributed by atoms with Gasteiger partial charge in [-0.15, -0.1) is 0 Å². The lowest BCUT2D eigenvalue weighted by Crippen LogP contribution is -1.98. The Morgan fingerprint density at radius 2 is 1.34 bits per heavy atom. The zero-order valence-corrected chi connectivity index (χ0v) is 18.7. The first-order valence-corrected chi connectivity index (χ1v) is 11.9. The summed E-state index contributed by atoms with van der Waals surface area (Å²) in [6, 6.07) is 34.7. The Morgan fingerprint density at radius 1 is 0.688 bits per heavy atom. The molecule has 0 fully saturated rings. The van der Waals surface area contributed by atoms with E-state index >= 15 is 0 Å². The second-order valence-electron chi connectivity index (χ2n) is 8.15. The summed E-state index contributed by atoms with van der Waals surface area (Å²) in [4.78, 5) is 1.26. The maximum absolute atomic E-state index is 6.52. The largest absolute Gasteiger partial charge is 0.481 e. The highest BCUT2D eigenvalue weighted by Crippen LogP contribution is 2.44. The summed E-state index contributed by atoms with van der Waals surface area (Å²) in [5.41, 5.74) is 6.03. The van der Waals surface area contributed by atoms with Crippen molar-refractivity contribution < 1.29 is 4.74 Å². The molecule has 0 bridgehead atoms. The third kappa shape index (κ3) is 3.19. The van der Waals surface area contributed by atoms with Crippen LogP contribution in [0.25, 0.3) is 44.3 Å². The summed E-state index contributed by atoms with van der Waals surface area (Å²) in [7, 11) is 0. The number of hydrogen-bond donors (Lipinski definition) is 0. The van der Waals surface area contributed by atoms with Gasteiger partial charge in [0.2, 0.25) is 0 Å². The van der Waals surface area contributed by atoms with Crippen molar-refractivity contribution in [2.75, 3.05) is 5.94 Å². The van der Waals surface area contributed by atoms with Crippen molar-refractivity contribution in [3.63, 3.8) is 0 Å². The molecule has 0 radical (unpaired) electrons. The van der Waals surface area contributed by atoms with Crippen molar-refractivity contribution in [2.24, 2.45) is 0 Å². The van der Waals surface area contributed by atoms with Gasteiger partial charge in [0.25, 0.3) is 0 Å². The minimum absolute atomic E-state index is 0.574. The van der Waals surface area contributed by atoms with E-state index < -0.39 is 0 Å². The van der Waals surface area contributed by atoms with Crippen LogP contribution in [0.2, 0.25) is 0 Å². The van der Waals surface area contributed by atoms with Gasteiger partial charge in [-0.25, -0.2) is 0 Å².